The standard InChI is InChI=1S/C14H15FN2O3S/c1-2-7-17(10-6-8-21(19,20)9-10)14(18)11-4-3-5-12(15)13(11)16/h1,3-5,10H,6-9,16H2. The van der Waals surface area contributed by atoms with Crippen molar-refractivity contribution in [3.63, 3.8) is 0 Å². The molecule has 0 saturated carbocycles. The Bertz CT molecular complexity index is 709. The highest BCUT2D eigenvalue weighted by Crippen LogP contribution is 2.23. The number of halogens is 1. The molecule has 112 valence electrons. The van der Waals surface area contributed by atoms with Crippen LogP contribution in [0.15, 0.2) is 18.2 Å². The van der Waals surface area contributed by atoms with Gasteiger partial charge in [-0.05, 0) is 18.6 Å². The van der Waals surface area contributed by atoms with Crippen LogP contribution >= 0.6 is 0 Å². The van der Waals surface area contributed by atoms with Gasteiger partial charge in [0.2, 0.25) is 0 Å². The highest BCUT2D eigenvalue weighted by Gasteiger charge is 2.35. The first kappa shape index (κ1) is 15.3. The van der Waals surface area contributed by atoms with Crippen molar-refractivity contribution < 1.29 is 17.6 Å². The maximum atomic E-state index is 13.5. The number of hydrogen-bond acceptors (Lipinski definition) is 4. The summed E-state index contributed by atoms with van der Waals surface area (Å²) >= 11 is 0. The Balaban J connectivity index is 2.33. The third-order valence-corrected chi connectivity index (χ3v) is 5.21. The van der Waals surface area contributed by atoms with Gasteiger partial charge in [-0.25, -0.2) is 12.8 Å². The minimum Gasteiger partial charge on any atom is -0.396 e. The molecule has 0 aliphatic carbocycles. The van der Waals surface area contributed by atoms with Crippen LogP contribution in [-0.4, -0.2) is 43.3 Å². The Morgan fingerprint density at radius 1 is 1.52 bits per heavy atom. The van der Waals surface area contributed by atoms with Gasteiger partial charge in [0.1, 0.15) is 5.82 Å². The zero-order valence-electron chi connectivity index (χ0n) is 11.3. The third-order valence-electron chi connectivity index (χ3n) is 3.45. The fourth-order valence-corrected chi connectivity index (χ4v) is 4.10. The molecule has 0 radical (unpaired) electrons. The van der Waals surface area contributed by atoms with E-state index in [1.807, 2.05) is 0 Å². The Kier molecular flexibility index (Phi) is 4.19. The molecule has 7 heteroatoms. The fourth-order valence-electron chi connectivity index (χ4n) is 2.36. The molecule has 2 N–H and O–H groups in total. The topological polar surface area (TPSA) is 80.5 Å². The van der Waals surface area contributed by atoms with Gasteiger partial charge >= 0.3 is 0 Å². The second-order valence-electron chi connectivity index (χ2n) is 4.90. The van der Waals surface area contributed by atoms with E-state index >= 15 is 0 Å². The molecule has 5 nitrogen and oxygen atoms in total. The van der Waals surface area contributed by atoms with E-state index in [0.29, 0.717) is 6.42 Å². The van der Waals surface area contributed by atoms with E-state index in [1.165, 1.54) is 17.0 Å². The van der Waals surface area contributed by atoms with Crippen LogP contribution in [0.1, 0.15) is 16.8 Å². The molecular weight excluding hydrogens is 295 g/mol. The van der Waals surface area contributed by atoms with Crippen molar-refractivity contribution in [3.05, 3.63) is 29.6 Å². The second kappa shape index (κ2) is 5.74. The number of para-hydroxylation sites is 1. The van der Waals surface area contributed by atoms with Crippen molar-refractivity contribution in [1.82, 2.24) is 4.90 Å². The zero-order chi connectivity index (χ0) is 15.6. The van der Waals surface area contributed by atoms with Crippen molar-refractivity contribution in [2.24, 2.45) is 0 Å². The Labute approximate surface area is 122 Å². The molecule has 1 aromatic carbocycles. The van der Waals surface area contributed by atoms with E-state index < -0.39 is 27.6 Å². The number of carbonyl (C=O) groups is 1. The average Bonchev–Trinajstić information content (AvgIpc) is 2.78. The Hall–Kier alpha value is -2.07. The van der Waals surface area contributed by atoms with E-state index in [2.05, 4.69) is 5.92 Å². The van der Waals surface area contributed by atoms with E-state index in [4.69, 9.17) is 12.2 Å². The first-order valence-corrected chi connectivity index (χ1v) is 8.16. The van der Waals surface area contributed by atoms with Crippen LogP contribution < -0.4 is 5.73 Å². The summed E-state index contributed by atoms with van der Waals surface area (Å²) in [7, 11) is -3.16. The predicted molar refractivity (Wildman–Crippen MR) is 77.7 cm³/mol. The van der Waals surface area contributed by atoms with Gasteiger partial charge in [0, 0.05) is 6.04 Å². The highest BCUT2D eigenvalue weighted by molar-refractivity contribution is 7.91. The smallest absolute Gasteiger partial charge is 0.257 e. The average molecular weight is 310 g/mol. The normalized spacial score (nSPS) is 19.9. The molecule has 1 amide bonds. The van der Waals surface area contributed by atoms with Crippen LogP contribution in [-0.2, 0) is 9.84 Å². The summed E-state index contributed by atoms with van der Waals surface area (Å²) in [5.74, 6) is 0.979. The Morgan fingerprint density at radius 3 is 2.81 bits per heavy atom. The van der Waals surface area contributed by atoms with E-state index in [9.17, 15) is 17.6 Å². The van der Waals surface area contributed by atoms with Crippen LogP contribution in [0, 0.1) is 18.2 Å². The van der Waals surface area contributed by atoms with Crippen molar-refractivity contribution in [2.45, 2.75) is 12.5 Å². The Morgan fingerprint density at radius 2 is 2.24 bits per heavy atom. The van der Waals surface area contributed by atoms with Gasteiger partial charge in [0.25, 0.3) is 5.91 Å². The van der Waals surface area contributed by atoms with Crippen LogP contribution in [0.5, 0.6) is 0 Å². The SMILES string of the molecule is C#CCN(C(=O)c1cccc(F)c1N)C1CCS(=O)(=O)C1. The number of rotatable bonds is 3. The first-order chi connectivity index (χ1) is 9.85. The molecule has 2 rings (SSSR count). The number of nitrogens with zero attached hydrogens (tertiary/aromatic N) is 1. The lowest BCUT2D eigenvalue weighted by Gasteiger charge is -2.26. The fraction of sp³-hybridized carbons (Fsp3) is 0.357. The summed E-state index contributed by atoms with van der Waals surface area (Å²) < 4.78 is 36.6. The molecule has 1 atom stereocenters. The predicted octanol–water partition coefficient (Wildman–Crippen LogP) is 0.670. The summed E-state index contributed by atoms with van der Waals surface area (Å²) in [5.41, 5.74) is 5.31. The van der Waals surface area contributed by atoms with Crippen LogP contribution in [0.25, 0.3) is 0 Å². The molecule has 0 aromatic heterocycles. The van der Waals surface area contributed by atoms with E-state index in [0.717, 1.165) is 6.07 Å². The molecule has 1 heterocycles. The number of amides is 1. The van der Waals surface area contributed by atoms with Crippen LogP contribution in [0.3, 0.4) is 0 Å². The highest BCUT2D eigenvalue weighted by atomic mass is 32.2. The number of hydrogen-bond donors (Lipinski definition) is 1. The number of benzene rings is 1. The summed E-state index contributed by atoms with van der Waals surface area (Å²) in [4.78, 5) is 13.8. The van der Waals surface area contributed by atoms with Crippen molar-refractivity contribution in [1.29, 1.82) is 0 Å². The van der Waals surface area contributed by atoms with Crippen LogP contribution in [0.2, 0.25) is 0 Å². The van der Waals surface area contributed by atoms with Gasteiger partial charge in [-0.1, -0.05) is 12.0 Å². The molecular formula is C14H15FN2O3S. The van der Waals surface area contributed by atoms with Crippen molar-refractivity contribution in [3.8, 4) is 12.3 Å². The number of nitrogens with two attached hydrogens (primary N) is 1. The molecule has 1 aromatic rings. The molecule has 1 aliphatic heterocycles. The van der Waals surface area contributed by atoms with E-state index in [-0.39, 0.29) is 29.3 Å². The summed E-state index contributed by atoms with van der Waals surface area (Å²) in [5, 5.41) is 0. The number of anilines is 1. The molecule has 0 bridgehead atoms. The van der Waals surface area contributed by atoms with Gasteiger partial charge in [-0.2, -0.15) is 0 Å². The summed E-state index contributed by atoms with van der Waals surface area (Å²) in [6, 6.07) is 3.42. The monoisotopic (exact) mass is 310 g/mol. The minimum atomic E-state index is -3.16. The molecule has 0 spiro atoms. The lowest BCUT2D eigenvalue weighted by atomic mass is 10.1. The molecule has 1 aliphatic rings. The van der Waals surface area contributed by atoms with Gasteiger partial charge in [-0.3, -0.25) is 4.79 Å². The van der Waals surface area contributed by atoms with Crippen molar-refractivity contribution >= 4 is 21.4 Å². The lowest BCUT2D eigenvalue weighted by molar-refractivity contribution is 0.0725. The van der Waals surface area contributed by atoms with Crippen LogP contribution in [0.4, 0.5) is 10.1 Å². The number of sulfone groups is 1. The van der Waals surface area contributed by atoms with Crippen molar-refractivity contribution in [2.75, 3.05) is 23.8 Å². The summed E-state index contributed by atoms with van der Waals surface area (Å²) in [6.45, 7) is -0.0467. The molecule has 1 unspecified atom stereocenters. The quantitative estimate of drug-likeness (QED) is 0.657. The number of carbonyl (C=O) groups excluding carboxylic acids is 1. The number of terminal acetylenes is 1. The van der Waals surface area contributed by atoms with E-state index in [1.54, 1.807) is 0 Å². The van der Waals surface area contributed by atoms with Gasteiger partial charge in [-0.15, -0.1) is 6.42 Å². The maximum Gasteiger partial charge on any atom is 0.257 e. The largest absolute Gasteiger partial charge is 0.396 e. The zero-order valence-corrected chi connectivity index (χ0v) is 12.1. The molecule has 21 heavy (non-hydrogen) atoms. The lowest BCUT2D eigenvalue weighted by Crippen LogP contribution is -2.41. The first-order valence-electron chi connectivity index (χ1n) is 6.34. The number of nitrogen functional groups attached to an aromatic ring is 1. The van der Waals surface area contributed by atoms with Gasteiger partial charge in [0.05, 0.1) is 29.3 Å². The minimum absolute atomic E-state index is 0.00505. The maximum absolute atomic E-state index is 13.5. The summed E-state index contributed by atoms with van der Waals surface area (Å²) in [6.07, 6.45) is 5.57. The molecule has 1 saturated heterocycles. The second-order valence-corrected chi connectivity index (χ2v) is 7.12. The van der Waals surface area contributed by atoms with Gasteiger partial charge < -0.3 is 10.6 Å². The third kappa shape index (κ3) is 3.16. The van der Waals surface area contributed by atoms with Gasteiger partial charge in [0.15, 0.2) is 9.84 Å². The molecule has 1 fully saturated rings.